The maximum atomic E-state index is 12.8. The summed E-state index contributed by atoms with van der Waals surface area (Å²) in [6.07, 6.45) is 7.68. The van der Waals surface area contributed by atoms with Gasteiger partial charge in [-0.05, 0) is 37.3 Å². The van der Waals surface area contributed by atoms with Crippen LogP contribution in [0.25, 0.3) is 0 Å². The van der Waals surface area contributed by atoms with Crippen molar-refractivity contribution in [3.63, 3.8) is 0 Å². The van der Waals surface area contributed by atoms with Crippen LogP contribution in [0.5, 0.6) is 5.75 Å². The molecule has 2 N–H and O–H groups in total. The van der Waals surface area contributed by atoms with Crippen LogP contribution in [0, 0.1) is 0 Å². The second-order valence-corrected chi connectivity index (χ2v) is 6.51. The number of nitrogens with zero attached hydrogens (tertiary/aromatic N) is 2. The lowest BCUT2D eigenvalue weighted by Gasteiger charge is -2.37. The molecule has 24 heavy (non-hydrogen) atoms. The third-order valence-electron chi connectivity index (χ3n) is 4.87. The molecule has 0 bridgehead atoms. The number of urea groups is 1. The van der Waals surface area contributed by atoms with Gasteiger partial charge in [0.15, 0.2) is 0 Å². The third-order valence-corrected chi connectivity index (χ3v) is 4.87. The van der Waals surface area contributed by atoms with Crippen molar-refractivity contribution in [3.8, 4) is 5.75 Å². The van der Waals surface area contributed by atoms with Crippen molar-refractivity contribution in [1.29, 1.82) is 0 Å². The number of nitrogens with one attached hydrogen (secondary N) is 2. The number of fused-ring (bicyclic) bond motifs is 1. The van der Waals surface area contributed by atoms with Gasteiger partial charge in [-0.3, -0.25) is 5.10 Å². The Balaban J connectivity index is 1.44. The number of aromatic amines is 1. The number of aromatic nitrogens is 2. The lowest BCUT2D eigenvalue weighted by Crippen LogP contribution is -2.51. The topological polar surface area (TPSA) is 70.2 Å². The molecule has 1 saturated heterocycles. The molecule has 1 aromatic carbocycles. The largest absolute Gasteiger partial charge is 0.491 e. The highest BCUT2D eigenvalue weighted by Gasteiger charge is 2.30. The molecule has 1 aromatic heterocycles. The SMILES string of the molecule is O=C(N[C@H]1COc2ccccc2C1)N1CCCC[C@@H]1c1cn[nH]c1. The number of hydrogen-bond acceptors (Lipinski definition) is 3. The van der Waals surface area contributed by atoms with Crippen LogP contribution in [0.4, 0.5) is 4.79 Å². The molecule has 2 atom stereocenters. The summed E-state index contributed by atoms with van der Waals surface area (Å²) in [4.78, 5) is 14.8. The van der Waals surface area contributed by atoms with Gasteiger partial charge in [0.25, 0.3) is 0 Å². The average Bonchev–Trinajstić information content (AvgIpc) is 3.16. The van der Waals surface area contributed by atoms with E-state index in [0.717, 1.165) is 49.1 Å². The van der Waals surface area contributed by atoms with Gasteiger partial charge in [-0.1, -0.05) is 18.2 Å². The highest BCUT2D eigenvalue weighted by molar-refractivity contribution is 5.75. The standard InChI is InChI=1S/C18H22N4O2/c23-18(21-15-9-13-5-1-2-7-17(13)24-12-15)22-8-4-3-6-16(22)14-10-19-20-11-14/h1-2,5,7,10-11,15-16H,3-4,6,8-9,12H2,(H,19,20)(H,21,23)/t15-,16-/m1/s1. The Kier molecular flexibility index (Phi) is 4.11. The molecule has 0 spiro atoms. The molecule has 2 aliphatic rings. The van der Waals surface area contributed by atoms with Crippen molar-refractivity contribution in [2.45, 2.75) is 37.8 Å². The van der Waals surface area contributed by atoms with Crippen LogP contribution in [-0.2, 0) is 6.42 Å². The van der Waals surface area contributed by atoms with Crippen molar-refractivity contribution in [3.05, 3.63) is 47.8 Å². The molecule has 2 aliphatic heterocycles. The zero-order valence-electron chi connectivity index (χ0n) is 13.6. The van der Waals surface area contributed by atoms with Crippen LogP contribution in [0.15, 0.2) is 36.7 Å². The molecule has 6 nitrogen and oxygen atoms in total. The summed E-state index contributed by atoms with van der Waals surface area (Å²) in [5.41, 5.74) is 2.23. The fourth-order valence-corrected chi connectivity index (χ4v) is 3.64. The molecule has 0 saturated carbocycles. The zero-order valence-corrected chi connectivity index (χ0v) is 13.6. The quantitative estimate of drug-likeness (QED) is 0.891. The molecule has 2 aromatic rings. The van der Waals surface area contributed by atoms with Gasteiger partial charge in [0, 0.05) is 18.3 Å². The number of carbonyl (C=O) groups is 1. The zero-order chi connectivity index (χ0) is 16.4. The molecule has 4 rings (SSSR count). The van der Waals surface area contributed by atoms with Crippen LogP contribution < -0.4 is 10.1 Å². The molecule has 0 unspecified atom stereocenters. The predicted octanol–water partition coefficient (Wildman–Crippen LogP) is 2.65. The second-order valence-electron chi connectivity index (χ2n) is 6.51. The molecule has 0 aliphatic carbocycles. The van der Waals surface area contributed by atoms with Gasteiger partial charge in [-0.2, -0.15) is 5.10 Å². The summed E-state index contributed by atoms with van der Waals surface area (Å²) in [5, 5.41) is 10.0. The van der Waals surface area contributed by atoms with E-state index in [1.165, 1.54) is 0 Å². The highest BCUT2D eigenvalue weighted by atomic mass is 16.5. The van der Waals surface area contributed by atoms with Gasteiger partial charge in [0.05, 0.1) is 18.3 Å². The van der Waals surface area contributed by atoms with Gasteiger partial charge < -0.3 is 15.0 Å². The van der Waals surface area contributed by atoms with Gasteiger partial charge in [-0.25, -0.2) is 4.79 Å². The first-order valence-corrected chi connectivity index (χ1v) is 8.58. The van der Waals surface area contributed by atoms with Crippen molar-refractivity contribution < 1.29 is 9.53 Å². The summed E-state index contributed by atoms with van der Waals surface area (Å²) in [6.45, 7) is 1.30. The summed E-state index contributed by atoms with van der Waals surface area (Å²) >= 11 is 0. The first kappa shape index (κ1) is 15.1. The molecule has 0 radical (unpaired) electrons. The molecule has 126 valence electrons. The minimum absolute atomic E-state index is 0.00567. The number of ether oxygens (including phenoxy) is 1. The van der Waals surface area contributed by atoms with Gasteiger partial charge in [0.1, 0.15) is 12.4 Å². The number of amides is 2. The van der Waals surface area contributed by atoms with E-state index in [4.69, 9.17) is 4.74 Å². The fraction of sp³-hybridized carbons (Fsp3) is 0.444. The van der Waals surface area contributed by atoms with Crippen LogP contribution in [0.3, 0.4) is 0 Å². The monoisotopic (exact) mass is 326 g/mol. The molecule has 3 heterocycles. The molecule has 6 heteroatoms. The average molecular weight is 326 g/mol. The van der Waals surface area contributed by atoms with E-state index < -0.39 is 0 Å². The summed E-state index contributed by atoms with van der Waals surface area (Å²) in [7, 11) is 0. The van der Waals surface area contributed by atoms with E-state index in [2.05, 4.69) is 21.6 Å². The van der Waals surface area contributed by atoms with E-state index >= 15 is 0 Å². The van der Waals surface area contributed by atoms with Crippen LogP contribution in [-0.4, -0.2) is 40.3 Å². The van der Waals surface area contributed by atoms with Gasteiger partial charge >= 0.3 is 6.03 Å². The molecular weight excluding hydrogens is 304 g/mol. The number of likely N-dealkylation sites (tertiary alicyclic amines) is 1. The number of H-pyrrole nitrogens is 1. The van der Waals surface area contributed by atoms with E-state index in [1.54, 1.807) is 0 Å². The minimum atomic E-state index is -0.00567. The Morgan fingerprint density at radius 2 is 2.25 bits per heavy atom. The minimum Gasteiger partial charge on any atom is -0.491 e. The summed E-state index contributed by atoms with van der Waals surface area (Å²) in [6, 6.07) is 8.13. The van der Waals surface area contributed by atoms with Crippen molar-refractivity contribution in [2.24, 2.45) is 0 Å². The Hall–Kier alpha value is -2.50. The molecule has 1 fully saturated rings. The lowest BCUT2D eigenvalue weighted by atomic mass is 9.98. The number of rotatable bonds is 2. The van der Waals surface area contributed by atoms with Crippen molar-refractivity contribution in [1.82, 2.24) is 20.4 Å². The molecular formula is C18H22N4O2. The van der Waals surface area contributed by atoms with Gasteiger partial charge in [0.2, 0.25) is 0 Å². The fourth-order valence-electron chi connectivity index (χ4n) is 3.64. The maximum Gasteiger partial charge on any atom is 0.318 e. The number of para-hydroxylation sites is 1. The second kappa shape index (κ2) is 6.55. The smallest absolute Gasteiger partial charge is 0.318 e. The van der Waals surface area contributed by atoms with E-state index in [1.807, 2.05) is 35.5 Å². The Morgan fingerprint density at radius 3 is 3.12 bits per heavy atom. The number of piperidine rings is 1. The summed E-state index contributed by atoms with van der Waals surface area (Å²) < 4.78 is 5.78. The third kappa shape index (κ3) is 2.96. The van der Waals surface area contributed by atoms with E-state index in [9.17, 15) is 4.79 Å². The van der Waals surface area contributed by atoms with E-state index in [0.29, 0.717) is 6.61 Å². The van der Waals surface area contributed by atoms with Crippen LogP contribution >= 0.6 is 0 Å². The number of carbonyl (C=O) groups excluding carboxylic acids is 1. The number of hydrogen-bond donors (Lipinski definition) is 2. The Morgan fingerprint density at radius 1 is 1.33 bits per heavy atom. The van der Waals surface area contributed by atoms with Crippen molar-refractivity contribution >= 4 is 6.03 Å². The summed E-state index contributed by atoms with van der Waals surface area (Å²) in [5.74, 6) is 0.928. The lowest BCUT2D eigenvalue weighted by molar-refractivity contribution is 0.142. The predicted molar refractivity (Wildman–Crippen MR) is 89.8 cm³/mol. The van der Waals surface area contributed by atoms with Crippen LogP contribution in [0.1, 0.15) is 36.4 Å². The van der Waals surface area contributed by atoms with Crippen molar-refractivity contribution in [2.75, 3.05) is 13.2 Å². The van der Waals surface area contributed by atoms with E-state index in [-0.39, 0.29) is 18.1 Å². The number of benzene rings is 1. The molecule has 2 amide bonds. The maximum absolute atomic E-state index is 12.8. The first-order chi connectivity index (χ1) is 11.8. The normalized spacial score (nSPS) is 23.2. The highest BCUT2D eigenvalue weighted by Crippen LogP contribution is 2.30. The van der Waals surface area contributed by atoms with Crippen LogP contribution in [0.2, 0.25) is 0 Å². The Bertz CT molecular complexity index is 701. The Labute approximate surface area is 141 Å². The van der Waals surface area contributed by atoms with Gasteiger partial charge in [-0.15, -0.1) is 0 Å². The first-order valence-electron chi connectivity index (χ1n) is 8.58.